The number of hydrogen-bond acceptors (Lipinski definition) is 6. The highest BCUT2D eigenvalue weighted by Crippen LogP contribution is 2.29. The zero-order chi connectivity index (χ0) is 17.6. The van der Waals surface area contributed by atoms with Crippen LogP contribution in [-0.2, 0) is 0 Å². The van der Waals surface area contributed by atoms with Crippen LogP contribution >= 0.6 is 0 Å². The van der Waals surface area contributed by atoms with Crippen molar-refractivity contribution in [3.8, 4) is 11.5 Å². The number of carbonyl (C=O) groups is 1. The quantitative estimate of drug-likeness (QED) is 0.839. The van der Waals surface area contributed by atoms with Crippen LogP contribution in [0.3, 0.4) is 0 Å². The molecule has 0 bridgehead atoms. The molecule has 132 valence electrons. The maximum atomic E-state index is 12.3. The van der Waals surface area contributed by atoms with E-state index in [4.69, 9.17) is 9.47 Å². The second-order valence-electron chi connectivity index (χ2n) is 5.94. The first kappa shape index (κ1) is 17.0. The Morgan fingerprint density at radius 1 is 1.08 bits per heavy atom. The molecule has 1 saturated carbocycles. The number of carbonyl (C=O) groups excluding carboxylic acids is 1. The Morgan fingerprint density at radius 3 is 2.48 bits per heavy atom. The van der Waals surface area contributed by atoms with E-state index < -0.39 is 0 Å². The van der Waals surface area contributed by atoms with E-state index in [0.717, 1.165) is 12.8 Å². The van der Waals surface area contributed by atoms with Crippen molar-refractivity contribution in [1.29, 1.82) is 0 Å². The molecule has 1 fully saturated rings. The minimum atomic E-state index is -0.327. The highest BCUT2D eigenvalue weighted by Gasteiger charge is 2.16. The molecular formula is C18H22N4O3. The molecule has 0 saturated heterocycles. The van der Waals surface area contributed by atoms with Gasteiger partial charge in [0.15, 0.2) is 11.5 Å². The average Bonchev–Trinajstić information content (AvgIpc) is 3.15. The van der Waals surface area contributed by atoms with Gasteiger partial charge >= 0.3 is 0 Å². The van der Waals surface area contributed by atoms with E-state index in [-0.39, 0.29) is 11.6 Å². The number of anilines is 2. The lowest BCUT2D eigenvalue weighted by Gasteiger charge is -2.12. The summed E-state index contributed by atoms with van der Waals surface area (Å²) in [5.74, 6) is 1.52. The van der Waals surface area contributed by atoms with Crippen molar-refractivity contribution >= 4 is 17.4 Å². The van der Waals surface area contributed by atoms with E-state index in [0.29, 0.717) is 29.0 Å². The standard InChI is InChI=1S/C18H22N4O3/c1-24-15-8-7-13(9-16(15)25-2)22-18(23)14-10-20-17(11-19-14)21-12-5-3-4-6-12/h7-12H,3-6H2,1-2H3,(H,20,21)(H,22,23). The third-order valence-electron chi connectivity index (χ3n) is 4.23. The fourth-order valence-corrected chi connectivity index (χ4v) is 2.91. The van der Waals surface area contributed by atoms with Crippen LogP contribution in [0.2, 0.25) is 0 Å². The number of ether oxygens (including phenoxy) is 2. The molecular weight excluding hydrogens is 320 g/mol. The van der Waals surface area contributed by atoms with Crippen molar-refractivity contribution < 1.29 is 14.3 Å². The Morgan fingerprint density at radius 2 is 1.84 bits per heavy atom. The summed E-state index contributed by atoms with van der Waals surface area (Å²) >= 11 is 0. The minimum absolute atomic E-state index is 0.256. The molecule has 2 aromatic rings. The molecule has 0 spiro atoms. The van der Waals surface area contributed by atoms with E-state index >= 15 is 0 Å². The Bertz CT molecular complexity index is 728. The first-order valence-corrected chi connectivity index (χ1v) is 8.31. The molecule has 1 aliphatic carbocycles. The monoisotopic (exact) mass is 342 g/mol. The van der Waals surface area contributed by atoms with Gasteiger partial charge in [0, 0.05) is 17.8 Å². The van der Waals surface area contributed by atoms with Gasteiger partial charge in [-0.15, -0.1) is 0 Å². The minimum Gasteiger partial charge on any atom is -0.493 e. The first-order chi connectivity index (χ1) is 12.2. The zero-order valence-corrected chi connectivity index (χ0v) is 14.4. The van der Waals surface area contributed by atoms with Gasteiger partial charge in [0.1, 0.15) is 11.5 Å². The topological polar surface area (TPSA) is 85.4 Å². The number of amides is 1. The van der Waals surface area contributed by atoms with Crippen molar-refractivity contribution in [3.63, 3.8) is 0 Å². The van der Waals surface area contributed by atoms with Crippen molar-refractivity contribution in [2.45, 2.75) is 31.7 Å². The molecule has 0 radical (unpaired) electrons. The molecule has 2 N–H and O–H groups in total. The molecule has 7 nitrogen and oxygen atoms in total. The van der Waals surface area contributed by atoms with Gasteiger partial charge in [-0.25, -0.2) is 9.97 Å². The number of benzene rings is 1. The van der Waals surface area contributed by atoms with Crippen LogP contribution in [0.25, 0.3) is 0 Å². The molecule has 1 heterocycles. The molecule has 0 aliphatic heterocycles. The number of nitrogens with one attached hydrogen (secondary N) is 2. The van der Waals surface area contributed by atoms with Gasteiger partial charge in [0.25, 0.3) is 5.91 Å². The van der Waals surface area contributed by atoms with Crippen LogP contribution in [0.5, 0.6) is 11.5 Å². The summed E-state index contributed by atoms with van der Waals surface area (Å²) in [5.41, 5.74) is 0.851. The lowest BCUT2D eigenvalue weighted by Crippen LogP contribution is -2.17. The summed E-state index contributed by atoms with van der Waals surface area (Å²) in [6, 6.07) is 5.62. The summed E-state index contributed by atoms with van der Waals surface area (Å²) in [4.78, 5) is 20.8. The Kier molecular flexibility index (Phi) is 5.33. The maximum absolute atomic E-state index is 12.3. The molecule has 25 heavy (non-hydrogen) atoms. The summed E-state index contributed by atoms with van der Waals surface area (Å²) in [6.45, 7) is 0. The molecule has 3 rings (SSSR count). The number of aromatic nitrogens is 2. The smallest absolute Gasteiger partial charge is 0.275 e. The predicted octanol–water partition coefficient (Wildman–Crippen LogP) is 3.10. The van der Waals surface area contributed by atoms with Crippen molar-refractivity contribution in [3.05, 3.63) is 36.3 Å². The summed E-state index contributed by atoms with van der Waals surface area (Å²) in [5, 5.41) is 6.13. The number of methoxy groups -OCH3 is 2. The van der Waals surface area contributed by atoms with E-state index in [2.05, 4.69) is 20.6 Å². The normalized spacial score (nSPS) is 14.2. The van der Waals surface area contributed by atoms with Crippen LogP contribution in [0.4, 0.5) is 11.5 Å². The second-order valence-corrected chi connectivity index (χ2v) is 5.94. The van der Waals surface area contributed by atoms with E-state index in [1.165, 1.54) is 19.0 Å². The zero-order valence-electron chi connectivity index (χ0n) is 14.4. The number of nitrogens with zero attached hydrogens (tertiary/aromatic N) is 2. The van der Waals surface area contributed by atoms with Crippen LogP contribution < -0.4 is 20.1 Å². The molecule has 0 unspecified atom stereocenters. The fraction of sp³-hybridized carbons (Fsp3) is 0.389. The summed E-state index contributed by atoms with van der Waals surface area (Å²) in [7, 11) is 3.11. The van der Waals surface area contributed by atoms with Crippen LogP contribution in [-0.4, -0.2) is 36.1 Å². The van der Waals surface area contributed by atoms with Crippen molar-refractivity contribution in [2.75, 3.05) is 24.9 Å². The van der Waals surface area contributed by atoms with Crippen LogP contribution in [0.1, 0.15) is 36.2 Å². The van der Waals surface area contributed by atoms with Crippen LogP contribution in [0.15, 0.2) is 30.6 Å². The number of rotatable bonds is 6. The van der Waals surface area contributed by atoms with Crippen molar-refractivity contribution in [2.24, 2.45) is 0 Å². The Hall–Kier alpha value is -2.83. The SMILES string of the molecule is COc1ccc(NC(=O)c2cnc(NC3CCCC3)cn2)cc1OC. The summed E-state index contributed by atoms with van der Waals surface area (Å²) in [6.07, 6.45) is 7.88. The second kappa shape index (κ2) is 7.83. The summed E-state index contributed by atoms with van der Waals surface area (Å²) < 4.78 is 10.4. The third kappa shape index (κ3) is 4.17. The molecule has 0 atom stereocenters. The lowest BCUT2D eigenvalue weighted by atomic mass is 10.2. The van der Waals surface area contributed by atoms with Crippen LogP contribution in [0, 0.1) is 0 Å². The van der Waals surface area contributed by atoms with Gasteiger partial charge in [-0.05, 0) is 25.0 Å². The fourth-order valence-electron chi connectivity index (χ4n) is 2.91. The molecule has 7 heteroatoms. The molecule has 1 amide bonds. The molecule has 1 aromatic carbocycles. The molecule has 1 aromatic heterocycles. The predicted molar refractivity (Wildman–Crippen MR) is 95.4 cm³/mol. The van der Waals surface area contributed by atoms with Gasteiger partial charge in [0.2, 0.25) is 0 Å². The van der Waals surface area contributed by atoms with E-state index in [9.17, 15) is 4.79 Å². The molecule has 1 aliphatic rings. The van der Waals surface area contributed by atoms with E-state index in [1.807, 2.05) is 0 Å². The highest BCUT2D eigenvalue weighted by atomic mass is 16.5. The van der Waals surface area contributed by atoms with Crippen molar-refractivity contribution in [1.82, 2.24) is 9.97 Å². The maximum Gasteiger partial charge on any atom is 0.275 e. The lowest BCUT2D eigenvalue weighted by molar-refractivity contribution is 0.102. The van der Waals surface area contributed by atoms with E-state index in [1.54, 1.807) is 38.6 Å². The largest absolute Gasteiger partial charge is 0.493 e. The average molecular weight is 342 g/mol. The van der Waals surface area contributed by atoms with Gasteiger partial charge < -0.3 is 20.1 Å². The van der Waals surface area contributed by atoms with Gasteiger partial charge in [-0.3, -0.25) is 4.79 Å². The Labute approximate surface area is 146 Å². The first-order valence-electron chi connectivity index (χ1n) is 8.31. The highest BCUT2D eigenvalue weighted by molar-refractivity contribution is 6.02. The third-order valence-corrected chi connectivity index (χ3v) is 4.23. The van der Waals surface area contributed by atoms with Gasteiger partial charge in [-0.1, -0.05) is 12.8 Å². The number of hydrogen-bond donors (Lipinski definition) is 2. The van der Waals surface area contributed by atoms with Gasteiger partial charge in [-0.2, -0.15) is 0 Å². The Balaban J connectivity index is 1.64. The van der Waals surface area contributed by atoms with Gasteiger partial charge in [0.05, 0.1) is 26.6 Å².